The summed E-state index contributed by atoms with van der Waals surface area (Å²) >= 11 is 0. The summed E-state index contributed by atoms with van der Waals surface area (Å²) in [5.41, 5.74) is 2.94. The number of amides is 2. The van der Waals surface area contributed by atoms with E-state index in [1.54, 1.807) is 0 Å². The van der Waals surface area contributed by atoms with E-state index in [-0.39, 0.29) is 6.04 Å². The van der Waals surface area contributed by atoms with Gasteiger partial charge in [-0.3, -0.25) is 9.59 Å². The van der Waals surface area contributed by atoms with E-state index in [9.17, 15) is 9.59 Å². The van der Waals surface area contributed by atoms with E-state index in [1.807, 2.05) is 32.0 Å². The van der Waals surface area contributed by atoms with Crippen LogP contribution in [0.5, 0.6) is 0 Å². The maximum absolute atomic E-state index is 12.2. The standard InChI is InChI=1S/C18H26N2O2/c1-3-13-9-8-10-14(4-2)16(13)20-18(22)17(21)19-15-11-6-5-7-12-15/h8-10,15H,3-7,11-12H2,1-2H3,(H,19,21)(H,20,22). The SMILES string of the molecule is CCc1cccc(CC)c1NC(=O)C(=O)NC1CCCCC1. The molecule has 0 heterocycles. The molecule has 22 heavy (non-hydrogen) atoms. The zero-order chi connectivity index (χ0) is 15.9. The smallest absolute Gasteiger partial charge is 0.313 e. The highest BCUT2D eigenvalue weighted by atomic mass is 16.2. The van der Waals surface area contributed by atoms with E-state index >= 15 is 0 Å². The monoisotopic (exact) mass is 302 g/mol. The predicted octanol–water partition coefficient (Wildman–Crippen LogP) is 3.20. The molecular weight excluding hydrogens is 276 g/mol. The minimum Gasteiger partial charge on any atom is -0.345 e. The van der Waals surface area contributed by atoms with Crippen LogP contribution in [0.4, 0.5) is 5.69 Å². The zero-order valence-electron chi connectivity index (χ0n) is 13.6. The summed E-state index contributed by atoms with van der Waals surface area (Å²) in [6.45, 7) is 4.10. The molecule has 0 spiro atoms. The Morgan fingerprint density at radius 3 is 2.14 bits per heavy atom. The van der Waals surface area contributed by atoms with Crippen LogP contribution in [-0.2, 0) is 22.4 Å². The summed E-state index contributed by atoms with van der Waals surface area (Å²) in [5, 5.41) is 5.68. The van der Waals surface area contributed by atoms with Crippen LogP contribution in [0.3, 0.4) is 0 Å². The van der Waals surface area contributed by atoms with Crippen LogP contribution in [0.1, 0.15) is 57.1 Å². The second-order valence-electron chi connectivity index (χ2n) is 5.92. The molecule has 2 rings (SSSR count). The molecule has 0 unspecified atom stereocenters. The lowest BCUT2D eigenvalue weighted by molar-refractivity contribution is -0.136. The van der Waals surface area contributed by atoms with Crippen molar-refractivity contribution in [2.75, 3.05) is 5.32 Å². The molecule has 2 N–H and O–H groups in total. The van der Waals surface area contributed by atoms with Gasteiger partial charge >= 0.3 is 11.8 Å². The fourth-order valence-corrected chi connectivity index (χ4v) is 3.07. The van der Waals surface area contributed by atoms with Crippen molar-refractivity contribution in [1.29, 1.82) is 0 Å². The van der Waals surface area contributed by atoms with Gasteiger partial charge in [-0.25, -0.2) is 0 Å². The van der Waals surface area contributed by atoms with Crippen molar-refractivity contribution >= 4 is 17.5 Å². The lowest BCUT2D eigenvalue weighted by Gasteiger charge is -2.22. The topological polar surface area (TPSA) is 58.2 Å². The molecule has 1 aromatic carbocycles. The quantitative estimate of drug-likeness (QED) is 0.839. The third-order valence-electron chi connectivity index (χ3n) is 4.38. The van der Waals surface area contributed by atoms with Crippen LogP contribution in [0.25, 0.3) is 0 Å². The highest BCUT2D eigenvalue weighted by Crippen LogP contribution is 2.22. The molecule has 1 saturated carbocycles. The minimum absolute atomic E-state index is 0.152. The van der Waals surface area contributed by atoms with Crippen LogP contribution < -0.4 is 10.6 Å². The van der Waals surface area contributed by atoms with Gasteiger partial charge < -0.3 is 10.6 Å². The van der Waals surface area contributed by atoms with Gasteiger partial charge in [-0.05, 0) is 36.8 Å². The van der Waals surface area contributed by atoms with Crippen LogP contribution >= 0.6 is 0 Å². The molecule has 0 aliphatic heterocycles. The highest BCUT2D eigenvalue weighted by molar-refractivity contribution is 6.39. The number of hydrogen-bond acceptors (Lipinski definition) is 2. The fraction of sp³-hybridized carbons (Fsp3) is 0.556. The normalized spacial score (nSPS) is 15.4. The van der Waals surface area contributed by atoms with Crippen LogP contribution in [-0.4, -0.2) is 17.9 Å². The Kier molecular flexibility index (Phi) is 5.99. The molecule has 1 aliphatic rings. The van der Waals surface area contributed by atoms with Crippen molar-refractivity contribution in [2.45, 2.75) is 64.8 Å². The number of rotatable bonds is 4. The molecule has 2 amide bonds. The summed E-state index contributed by atoms with van der Waals surface area (Å²) in [5.74, 6) is -1.07. The minimum atomic E-state index is -0.554. The first kappa shape index (κ1) is 16.5. The highest BCUT2D eigenvalue weighted by Gasteiger charge is 2.21. The Morgan fingerprint density at radius 1 is 1.00 bits per heavy atom. The maximum Gasteiger partial charge on any atom is 0.313 e. The van der Waals surface area contributed by atoms with Gasteiger partial charge in [0, 0.05) is 11.7 Å². The average Bonchev–Trinajstić information content (AvgIpc) is 2.55. The van der Waals surface area contributed by atoms with Gasteiger partial charge in [-0.15, -0.1) is 0 Å². The molecule has 120 valence electrons. The van der Waals surface area contributed by atoms with Crippen molar-refractivity contribution < 1.29 is 9.59 Å². The molecule has 0 bridgehead atoms. The summed E-state index contributed by atoms with van der Waals surface area (Å²) < 4.78 is 0. The lowest BCUT2D eigenvalue weighted by Crippen LogP contribution is -2.42. The van der Waals surface area contributed by atoms with E-state index in [4.69, 9.17) is 0 Å². The molecule has 4 nitrogen and oxygen atoms in total. The first-order chi connectivity index (χ1) is 10.7. The molecule has 0 saturated heterocycles. The van der Waals surface area contributed by atoms with Gasteiger partial charge in [0.05, 0.1) is 0 Å². The van der Waals surface area contributed by atoms with Gasteiger partial charge in [-0.1, -0.05) is 51.3 Å². The van der Waals surface area contributed by atoms with Crippen molar-refractivity contribution in [2.24, 2.45) is 0 Å². The number of anilines is 1. The lowest BCUT2D eigenvalue weighted by atomic mass is 9.95. The number of carbonyl (C=O) groups excluding carboxylic acids is 2. The number of hydrogen-bond donors (Lipinski definition) is 2. The molecule has 1 fully saturated rings. The molecule has 4 heteroatoms. The van der Waals surface area contributed by atoms with Crippen molar-refractivity contribution in [1.82, 2.24) is 5.32 Å². The second kappa shape index (κ2) is 7.97. The van der Waals surface area contributed by atoms with Gasteiger partial charge in [-0.2, -0.15) is 0 Å². The number of aryl methyl sites for hydroxylation is 2. The first-order valence-corrected chi connectivity index (χ1v) is 8.38. The molecule has 0 atom stereocenters. The van der Waals surface area contributed by atoms with Crippen LogP contribution in [0.15, 0.2) is 18.2 Å². The summed E-state index contributed by atoms with van der Waals surface area (Å²) in [7, 11) is 0. The van der Waals surface area contributed by atoms with E-state index in [2.05, 4.69) is 10.6 Å². The van der Waals surface area contributed by atoms with Crippen molar-refractivity contribution in [3.05, 3.63) is 29.3 Å². The van der Waals surface area contributed by atoms with Gasteiger partial charge in [0.1, 0.15) is 0 Å². The third kappa shape index (κ3) is 4.09. The molecule has 1 aromatic rings. The zero-order valence-corrected chi connectivity index (χ0v) is 13.6. The molecular formula is C18H26N2O2. The van der Waals surface area contributed by atoms with E-state index in [1.165, 1.54) is 6.42 Å². The second-order valence-corrected chi connectivity index (χ2v) is 5.92. The van der Waals surface area contributed by atoms with Gasteiger partial charge in [0.15, 0.2) is 0 Å². The Hall–Kier alpha value is -1.84. The van der Waals surface area contributed by atoms with Gasteiger partial charge in [0.2, 0.25) is 0 Å². The van der Waals surface area contributed by atoms with Crippen LogP contribution in [0.2, 0.25) is 0 Å². The van der Waals surface area contributed by atoms with E-state index in [0.29, 0.717) is 0 Å². The predicted molar refractivity (Wildman–Crippen MR) is 88.8 cm³/mol. The van der Waals surface area contributed by atoms with E-state index < -0.39 is 11.8 Å². The van der Waals surface area contributed by atoms with Crippen LogP contribution in [0, 0.1) is 0 Å². The third-order valence-corrected chi connectivity index (χ3v) is 4.38. The van der Waals surface area contributed by atoms with E-state index in [0.717, 1.165) is 55.3 Å². The summed E-state index contributed by atoms with van der Waals surface area (Å²) in [6, 6.07) is 6.14. The van der Waals surface area contributed by atoms with Crippen molar-refractivity contribution in [3.63, 3.8) is 0 Å². The maximum atomic E-state index is 12.2. The number of para-hydroxylation sites is 1. The average molecular weight is 302 g/mol. The Balaban J connectivity index is 2.03. The molecule has 0 aromatic heterocycles. The molecule has 1 aliphatic carbocycles. The Labute approximate surface area is 132 Å². The largest absolute Gasteiger partial charge is 0.345 e. The summed E-state index contributed by atoms with van der Waals surface area (Å²) in [6.07, 6.45) is 7.09. The number of carbonyl (C=O) groups is 2. The number of nitrogens with one attached hydrogen (secondary N) is 2. The fourth-order valence-electron chi connectivity index (χ4n) is 3.07. The Bertz CT molecular complexity index is 512. The van der Waals surface area contributed by atoms with Crippen molar-refractivity contribution in [3.8, 4) is 0 Å². The first-order valence-electron chi connectivity index (χ1n) is 8.38. The number of benzene rings is 1. The van der Waals surface area contributed by atoms with Gasteiger partial charge in [0.25, 0.3) is 0 Å². The molecule has 0 radical (unpaired) electrons. The summed E-state index contributed by atoms with van der Waals surface area (Å²) in [4.78, 5) is 24.3. The Morgan fingerprint density at radius 2 is 1.59 bits per heavy atom.